The van der Waals surface area contributed by atoms with E-state index >= 15 is 0 Å². The van der Waals surface area contributed by atoms with Crippen LogP contribution in [0.25, 0.3) is 33.5 Å². The van der Waals surface area contributed by atoms with Crippen molar-refractivity contribution in [2.75, 3.05) is 7.11 Å². The molecule has 0 atom stereocenters. The summed E-state index contributed by atoms with van der Waals surface area (Å²) in [4.78, 5) is 21.3. The van der Waals surface area contributed by atoms with E-state index in [-0.39, 0.29) is 0 Å². The molecule has 0 aromatic carbocycles. The van der Waals surface area contributed by atoms with Gasteiger partial charge in [0.15, 0.2) is 5.82 Å². The Balaban J connectivity index is 1.76. The Hall–Kier alpha value is -3.03. The van der Waals surface area contributed by atoms with Gasteiger partial charge < -0.3 is 9.72 Å². The molecule has 24 heavy (non-hydrogen) atoms. The summed E-state index contributed by atoms with van der Waals surface area (Å²) in [6.07, 6.45) is 7.45. The van der Waals surface area contributed by atoms with E-state index in [4.69, 9.17) is 9.72 Å². The number of fused-ring (bicyclic) bond motifs is 3. The van der Waals surface area contributed by atoms with Crippen LogP contribution >= 0.6 is 0 Å². The van der Waals surface area contributed by atoms with E-state index in [1.165, 1.54) is 0 Å². The highest BCUT2D eigenvalue weighted by molar-refractivity contribution is 6.04. The van der Waals surface area contributed by atoms with Crippen LogP contribution in [0.4, 0.5) is 0 Å². The summed E-state index contributed by atoms with van der Waals surface area (Å²) in [5.74, 6) is 1.55. The van der Waals surface area contributed by atoms with Crippen molar-refractivity contribution in [2.24, 2.45) is 7.05 Å². The average molecular weight is 321 g/mol. The topological polar surface area (TPSA) is 94.4 Å². The Kier molecular flexibility index (Phi) is 2.64. The first-order valence-corrected chi connectivity index (χ1v) is 7.82. The summed E-state index contributed by atoms with van der Waals surface area (Å²) in [5, 5.41) is 6.21. The van der Waals surface area contributed by atoms with Gasteiger partial charge in [-0.1, -0.05) is 0 Å². The molecule has 1 aliphatic rings. The van der Waals surface area contributed by atoms with Crippen LogP contribution in [0.5, 0.6) is 5.88 Å². The lowest BCUT2D eigenvalue weighted by molar-refractivity contribution is 0.397. The lowest BCUT2D eigenvalue weighted by Crippen LogP contribution is -2.02. The first kappa shape index (κ1) is 13.4. The fraction of sp³-hybridized carbons (Fsp3) is 0.312. The molecule has 0 radical (unpaired) electrons. The maximum Gasteiger partial charge on any atom is 0.227 e. The molecule has 0 unspecified atom stereocenters. The van der Waals surface area contributed by atoms with Gasteiger partial charge >= 0.3 is 0 Å². The van der Waals surface area contributed by atoms with E-state index in [1.807, 2.05) is 19.4 Å². The Bertz CT molecular complexity index is 1080. The Labute approximate surface area is 136 Å². The molecule has 1 N–H and O–H groups in total. The number of aryl methyl sites for hydroxylation is 1. The number of aromatic amines is 1. The van der Waals surface area contributed by atoms with Gasteiger partial charge in [0.1, 0.15) is 23.2 Å². The van der Waals surface area contributed by atoms with Crippen molar-refractivity contribution >= 4 is 22.1 Å². The molecular weight excluding hydrogens is 306 g/mol. The molecule has 4 aromatic heterocycles. The van der Waals surface area contributed by atoms with Crippen LogP contribution in [0.1, 0.15) is 24.5 Å². The minimum absolute atomic E-state index is 0.447. The maximum absolute atomic E-state index is 5.44. The Morgan fingerprint density at radius 3 is 2.83 bits per heavy atom. The predicted molar refractivity (Wildman–Crippen MR) is 87.7 cm³/mol. The zero-order chi connectivity index (χ0) is 16.3. The highest BCUT2D eigenvalue weighted by Crippen LogP contribution is 2.44. The molecule has 1 fully saturated rings. The van der Waals surface area contributed by atoms with Crippen molar-refractivity contribution in [1.29, 1.82) is 0 Å². The molecule has 8 heteroatoms. The molecule has 0 saturated heterocycles. The van der Waals surface area contributed by atoms with Crippen LogP contribution in [0, 0.1) is 0 Å². The van der Waals surface area contributed by atoms with Crippen LogP contribution in [0.2, 0.25) is 0 Å². The summed E-state index contributed by atoms with van der Waals surface area (Å²) >= 11 is 0. The second-order valence-corrected chi connectivity index (χ2v) is 6.03. The van der Waals surface area contributed by atoms with Gasteiger partial charge in [-0.25, -0.2) is 19.9 Å². The highest BCUT2D eigenvalue weighted by atomic mass is 16.5. The molecule has 0 spiro atoms. The van der Waals surface area contributed by atoms with Gasteiger partial charge in [0.2, 0.25) is 5.88 Å². The first-order chi connectivity index (χ1) is 11.8. The number of hydrogen-bond acceptors (Lipinski definition) is 6. The number of H-pyrrole nitrogens is 1. The molecule has 0 bridgehead atoms. The number of methoxy groups -OCH3 is 1. The third kappa shape index (κ3) is 1.82. The zero-order valence-corrected chi connectivity index (χ0v) is 13.3. The minimum Gasteiger partial charge on any atom is -0.480 e. The zero-order valence-electron chi connectivity index (χ0n) is 13.3. The lowest BCUT2D eigenvalue weighted by atomic mass is 10.1. The second-order valence-electron chi connectivity index (χ2n) is 6.03. The summed E-state index contributed by atoms with van der Waals surface area (Å²) in [5.41, 5.74) is 3.46. The summed E-state index contributed by atoms with van der Waals surface area (Å²) in [6, 6.07) is 0. The number of nitrogens with zero attached hydrogens (tertiary/aromatic N) is 6. The number of nitrogens with one attached hydrogen (secondary N) is 1. The Morgan fingerprint density at radius 2 is 2.04 bits per heavy atom. The largest absolute Gasteiger partial charge is 0.480 e. The van der Waals surface area contributed by atoms with Gasteiger partial charge in [0, 0.05) is 29.9 Å². The van der Waals surface area contributed by atoms with Gasteiger partial charge in [-0.05, 0) is 12.8 Å². The van der Waals surface area contributed by atoms with E-state index in [1.54, 1.807) is 18.1 Å². The van der Waals surface area contributed by atoms with Gasteiger partial charge in [0.25, 0.3) is 0 Å². The molecule has 4 aromatic rings. The summed E-state index contributed by atoms with van der Waals surface area (Å²) in [7, 11) is 3.50. The summed E-state index contributed by atoms with van der Waals surface area (Å²) in [6.45, 7) is 0. The molecule has 5 rings (SSSR count). The number of ether oxygens (including phenoxy) is 1. The number of aromatic nitrogens is 7. The summed E-state index contributed by atoms with van der Waals surface area (Å²) < 4.78 is 7.23. The third-order valence-corrected chi connectivity index (χ3v) is 4.48. The normalized spacial score (nSPS) is 14.6. The smallest absolute Gasteiger partial charge is 0.227 e. The third-order valence-electron chi connectivity index (χ3n) is 4.48. The number of hydrogen-bond donors (Lipinski definition) is 1. The van der Waals surface area contributed by atoms with Gasteiger partial charge in [-0.2, -0.15) is 5.10 Å². The van der Waals surface area contributed by atoms with Crippen molar-refractivity contribution in [3.8, 4) is 17.3 Å². The molecular formula is C16H15N7O. The van der Waals surface area contributed by atoms with Crippen molar-refractivity contribution in [3.63, 3.8) is 0 Å². The van der Waals surface area contributed by atoms with E-state index < -0.39 is 0 Å². The lowest BCUT2D eigenvalue weighted by Gasteiger charge is -2.10. The average Bonchev–Trinajstić information content (AvgIpc) is 3.31. The van der Waals surface area contributed by atoms with Crippen molar-refractivity contribution in [2.45, 2.75) is 18.8 Å². The van der Waals surface area contributed by atoms with Crippen LogP contribution in [-0.4, -0.2) is 41.8 Å². The van der Waals surface area contributed by atoms with Crippen LogP contribution in [-0.2, 0) is 7.05 Å². The monoisotopic (exact) mass is 321 g/mol. The molecule has 1 saturated carbocycles. The van der Waals surface area contributed by atoms with Crippen molar-refractivity contribution in [1.82, 2.24) is 34.7 Å². The minimum atomic E-state index is 0.447. The first-order valence-electron chi connectivity index (χ1n) is 7.82. The quantitative estimate of drug-likeness (QED) is 0.621. The van der Waals surface area contributed by atoms with Crippen molar-refractivity contribution < 1.29 is 4.74 Å². The molecule has 4 heterocycles. The number of rotatable bonds is 3. The van der Waals surface area contributed by atoms with Crippen molar-refractivity contribution in [3.05, 3.63) is 24.4 Å². The van der Waals surface area contributed by atoms with E-state index in [0.717, 1.165) is 46.2 Å². The fourth-order valence-electron chi connectivity index (χ4n) is 3.10. The molecule has 8 nitrogen and oxygen atoms in total. The van der Waals surface area contributed by atoms with Crippen LogP contribution in [0.3, 0.4) is 0 Å². The fourth-order valence-corrected chi connectivity index (χ4v) is 3.10. The Morgan fingerprint density at radius 1 is 1.17 bits per heavy atom. The predicted octanol–water partition coefficient (Wildman–Crippen LogP) is 2.19. The van der Waals surface area contributed by atoms with Gasteiger partial charge in [-0.15, -0.1) is 0 Å². The van der Waals surface area contributed by atoms with Crippen LogP contribution in [0.15, 0.2) is 18.7 Å². The molecule has 0 aliphatic heterocycles. The molecule has 0 amide bonds. The SMILES string of the molecule is COc1ncnc(C2CC2)c1-c1ncc2c(n1)[nH]c1c2cnn1C. The van der Waals surface area contributed by atoms with Crippen LogP contribution < -0.4 is 4.74 Å². The van der Waals surface area contributed by atoms with Gasteiger partial charge in [-0.3, -0.25) is 4.68 Å². The van der Waals surface area contributed by atoms with E-state index in [0.29, 0.717) is 17.6 Å². The second kappa shape index (κ2) is 4.73. The van der Waals surface area contributed by atoms with Gasteiger partial charge in [0.05, 0.1) is 19.0 Å². The maximum atomic E-state index is 5.44. The van der Waals surface area contributed by atoms with E-state index in [2.05, 4.69) is 25.0 Å². The highest BCUT2D eigenvalue weighted by Gasteiger charge is 2.31. The molecule has 1 aliphatic carbocycles. The molecule has 120 valence electrons. The van der Waals surface area contributed by atoms with E-state index in [9.17, 15) is 0 Å². The standard InChI is InChI=1S/C16H15N7O/c1-23-15-10(6-20-23)9-5-17-14(21-13(9)22-15)11-12(8-3-4-8)18-7-19-16(11)24-2/h5-8H,3-4H2,1-2H3,(H,17,21,22).